The molecule has 0 spiro atoms. The molecule has 2 atom stereocenters. The number of imidazole rings is 1. The zero-order valence-corrected chi connectivity index (χ0v) is 11.2. The second-order valence-electron chi connectivity index (χ2n) is 5.35. The molecule has 2 bridgehead atoms. The van der Waals surface area contributed by atoms with E-state index in [2.05, 4.69) is 25.3 Å². The number of nitrogen functional groups attached to an aromatic ring is 1. The number of hydrogen-bond donors (Lipinski definition) is 3. The van der Waals surface area contributed by atoms with Crippen LogP contribution in [0.25, 0.3) is 11.2 Å². The third-order valence-corrected chi connectivity index (χ3v) is 3.82. The zero-order valence-electron chi connectivity index (χ0n) is 11.2. The number of H-pyrrole nitrogens is 1. The molecule has 2 aliphatic heterocycles. The summed E-state index contributed by atoms with van der Waals surface area (Å²) in [5, 5.41) is 2.99. The van der Waals surface area contributed by atoms with Crippen LogP contribution in [0.15, 0.2) is 6.33 Å². The molecule has 2 saturated heterocycles. The summed E-state index contributed by atoms with van der Waals surface area (Å²) in [6.45, 7) is 2.08. The standard InChI is InChI=1S/C12H15N7O2/c13-12-17-9-8(14-5-15-9)10(18-12)19-1-6-3-21-4-7(2-19)16-11(6)20/h5-7H,1-4H2,(H,16,20)(H3,13,14,15,17,18)/t6-,7+/m1/s1. The molecule has 1 amide bonds. The Kier molecular flexibility index (Phi) is 2.67. The molecule has 21 heavy (non-hydrogen) atoms. The van der Waals surface area contributed by atoms with Crippen LogP contribution >= 0.6 is 0 Å². The number of carbonyl (C=O) groups excluding carboxylic acids is 1. The zero-order chi connectivity index (χ0) is 14.4. The van der Waals surface area contributed by atoms with Crippen LogP contribution in [-0.2, 0) is 9.53 Å². The van der Waals surface area contributed by atoms with Crippen LogP contribution in [0.3, 0.4) is 0 Å². The van der Waals surface area contributed by atoms with Gasteiger partial charge in [-0.25, -0.2) is 4.98 Å². The Hall–Kier alpha value is -2.42. The van der Waals surface area contributed by atoms with E-state index in [9.17, 15) is 4.79 Å². The summed E-state index contributed by atoms with van der Waals surface area (Å²) in [6.07, 6.45) is 1.56. The van der Waals surface area contributed by atoms with Crippen LogP contribution in [0.1, 0.15) is 0 Å². The van der Waals surface area contributed by atoms with Gasteiger partial charge in [0.05, 0.1) is 31.5 Å². The molecule has 2 aromatic rings. The highest BCUT2D eigenvalue weighted by atomic mass is 16.5. The molecule has 0 aromatic carbocycles. The Bertz CT molecular complexity index is 700. The van der Waals surface area contributed by atoms with E-state index in [0.29, 0.717) is 37.8 Å². The molecule has 110 valence electrons. The number of hydrogen-bond acceptors (Lipinski definition) is 7. The average molecular weight is 289 g/mol. The Morgan fingerprint density at radius 3 is 3.14 bits per heavy atom. The molecule has 0 aliphatic carbocycles. The maximum absolute atomic E-state index is 12.1. The fraction of sp³-hybridized carbons (Fsp3) is 0.500. The number of nitrogens with two attached hydrogens (primary N) is 1. The van der Waals surface area contributed by atoms with Gasteiger partial charge in [0.2, 0.25) is 11.9 Å². The van der Waals surface area contributed by atoms with Gasteiger partial charge in [-0.3, -0.25) is 4.79 Å². The summed E-state index contributed by atoms with van der Waals surface area (Å²) in [5.41, 5.74) is 7.03. The van der Waals surface area contributed by atoms with Gasteiger partial charge in [-0.1, -0.05) is 0 Å². The Balaban J connectivity index is 1.78. The smallest absolute Gasteiger partial charge is 0.227 e. The van der Waals surface area contributed by atoms with E-state index in [1.54, 1.807) is 6.33 Å². The molecule has 2 aromatic heterocycles. The minimum absolute atomic E-state index is 0.0304. The van der Waals surface area contributed by atoms with Crippen molar-refractivity contribution in [2.45, 2.75) is 6.04 Å². The molecule has 9 heteroatoms. The van der Waals surface area contributed by atoms with Gasteiger partial charge in [0.25, 0.3) is 0 Å². The lowest BCUT2D eigenvalue weighted by Crippen LogP contribution is -2.42. The Labute approximate surface area is 119 Å². The van der Waals surface area contributed by atoms with E-state index >= 15 is 0 Å². The SMILES string of the molecule is Nc1nc(N2C[C@H]3COC[C@@H](C2)C(=O)N3)c2[nH]cnc2n1. The van der Waals surface area contributed by atoms with Crippen molar-refractivity contribution in [1.82, 2.24) is 25.3 Å². The van der Waals surface area contributed by atoms with Crippen molar-refractivity contribution >= 4 is 28.8 Å². The number of aromatic nitrogens is 4. The first-order chi connectivity index (χ1) is 10.2. The fourth-order valence-electron chi connectivity index (χ4n) is 2.87. The summed E-state index contributed by atoms with van der Waals surface area (Å²) >= 11 is 0. The van der Waals surface area contributed by atoms with Crippen LogP contribution in [0.4, 0.5) is 11.8 Å². The lowest BCUT2D eigenvalue weighted by molar-refractivity contribution is -0.124. The predicted molar refractivity (Wildman–Crippen MR) is 74.5 cm³/mol. The minimum Gasteiger partial charge on any atom is -0.378 e. The largest absolute Gasteiger partial charge is 0.378 e. The normalized spacial score (nSPS) is 25.7. The molecule has 0 saturated carbocycles. The maximum atomic E-state index is 12.1. The molecule has 4 heterocycles. The highest BCUT2D eigenvalue weighted by Crippen LogP contribution is 2.25. The van der Waals surface area contributed by atoms with E-state index < -0.39 is 0 Å². The summed E-state index contributed by atoms with van der Waals surface area (Å²) in [5.74, 6) is 0.674. The quantitative estimate of drug-likeness (QED) is 0.608. The summed E-state index contributed by atoms with van der Waals surface area (Å²) in [4.78, 5) is 29.7. The van der Waals surface area contributed by atoms with E-state index in [1.807, 2.05) is 4.90 Å². The number of fused-ring (bicyclic) bond motifs is 4. The van der Waals surface area contributed by atoms with Crippen molar-refractivity contribution in [3.05, 3.63) is 6.33 Å². The van der Waals surface area contributed by atoms with Crippen LogP contribution in [-0.4, -0.2) is 58.2 Å². The van der Waals surface area contributed by atoms with Crippen molar-refractivity contribution in [2.24, 2.45) is 5.92 Å². The van der Waals surface area contributed by atoms with Crippen LogP contribution in [0.5, 0.6) is 0 Å². The molecule has 4 rings (SSSR count). The minimum atomic E-state index is -0.216. The van der Waals surface area contributed by atoms with E-state index in [4.69, 9.17) is 10.5 Å². The second kappa shape index (κ2) is 4.55. The predicted octanol–water partition coefficient (Wildman–Crippen LogP) is -1.11. The molecule has 4 N–H and O–H groups in total. The first-order valence-electron chi connectivity index (χ1n) is 6.80. The van der Waals surface area contributed by atoms with Crippen molar-refractivity contribution in [1.29, 1.82) is 0 Å². The number of nitrogens with one attached hydrogen (secondary N) is 2. The van der Waals surface area contributed by atoms with Crippen molar-refractivity contribution in [3.63, 3.8) is 0 Å². The van der Waals surface area contributed by atoms with E-state index in [0.717, 1.165) is 5.52 Å². The van der Waals surface area contributed by atoms with Crippen molar-refractivity contribution in [3.8, 4) is 0 Å². The molecular weight excluding hydrogens is 274 g/mol. The molecular formula is C12H15N7O2. The third kappa shape index (κ3) is 2.05. The average Bonchev–Trinajstić information content (AvgIpc) is 2.74. The third-order valence-electron chi connectivity index (χ3n) is 3.82. The summed E-state index contributed by atoms with van der Waals surface area (Å²) < 4.78 is 5.52. The van der Waals surface area contributed by atoms with Crippen molar-refractivity contribution < 1.29 is 9.53 Å². The number of carbonyl (C=O) groups is 1. The molecule has 2 aliphatic rings. The van der Waals surface area contributed by atoms with E-state index in [1.165, 1.54) is 0 Å². The maximum Gasteiger partial charge on any atom is 0.227 e. The van der Waals surface area contributed by atoms with Gasteiger partial charge in [-0.15, -0.1) is 0 Å². The van der Waals surface area contributed by atoms with Crippen LogP contribution in [0, 0.1) is 5.92 Å². The van der Waals surface area contributed by atoms with Gasteiger partial charge in [0, 0.05) is 13.1 Å². The lowest BCUT2D eigenvalue weighted by Gasteiger charge is -2.28. The summed E-state index contributed by atoms with van der Waals surface area (Å²) in [6, 6.07) is -0.0563. The number of amides is 1. The molecule has 0 radical (unpaired) electrons. The van der Waals surface area contributed by atoms with Crippen molar-refractivity contribution in [2.75, 3.05) is 36.9 Å². The monoisotopic (exact) mass is 289 g/mol. The van der Waals surface area contributed by atoms with Gasteiger partial charge in [-0.2, -0.15) is 9.97 Å². The van der Waals surface area contributed by atoms with Crippen LogP contribution < -0.4 is 16.0 Å². The fourth-order valence-corrected chi connectivity index (χ4v) is 2.87. The highest BCUT2D eigenvalue weighted by molar-refractivity contribution is 5.86. The number of rotatable bonds is 1. The van der Waals surface area contributed by atoms with Gasteiger partial charge in [0.15, 0.2) is 11.5 Å². The second-order valence-corrected chi connectivity index (χ2v) is 5.35. The molecule has 0 unspecified atom stereocenters. The van der Waals surface area contributed by atoms with Gasteiger partial charge in [-0.05, 0) is 0 Å². The number of aromatic amines is 1. The topological polar surface area (TPSA) is 122 Å². The van der Waals surface area contributed by atoms with Gasteiger partial charge < -0.3 is 25.7 Å². The first-order valence-corrected chi connectivity index (χ1v) is 6.80. The highest BCUT2D eigenvalue weighted by Gasteiger charge is 2.34. The van der Waals surface area contributed by atoms with Gasteiger partial charge in [0.1, 0.15) is 5.52 Å². The first kappa shape index (κ1) is 12.3. The van der Waals surface area contributed by atoms with E-state index in [-0.39, 0.29) is 23.8 Å². The number of anilines is 2. The Morgan fingerprint density at radius 1 is 1.33 bits per heavy atom. The van der Waals surface area contributed by atoms with Crippen LogP contribution in [0.2, 0.25) is 0 Å². The molecule has 9 nitrogen and oxygen atoms in total. The summed E-state index contributed by atoms with van der Waals surface area (Å²) in [7, 11) is 0. The molecule has 2 fully saturated rings. The Morgan fingerprint density at radius 2 is 2.24 bits per heavy atom. The van der Waals surface area contributed by atoms with Gasteiger partial charge >= 0.3 is 0 Å². The number of ether oxygens (including phenoxy) is 1. The number of nitrogens with zero attached hydrogens (tertiary/aromatic N) is 4. The lowest BCUT2D eigenvalue weighted by atomic mass is 10.1.